The van der Waals surface area contributed by atoms with Gasteiger partial charge in [0.15, 0.2) is 5.71 Å². The van der Waals surface area contributed by atoms with Crippen LogP contribution in [0.2, 0.25) is 0 Å². The first kappa shape index (κ1) is 35.1. The Morgan fingerprint density at radius 3 is 2.37 bits per heavy atom. The molecule has 3 heterocycles. The molecule has 6 N–H and O–H groups in total. The molecule has 1 aliphatic heterocycles. The summed E-state index contributed by atoms with van der Waals surface area (Å²) in [7, 11) is 0. The molecule has 0 aliphatic carbocycles. The van der Waals surface area contributed by atoms with Crippen molar-refractivity contribution < 1.29 is 14.3 Å². The fraction of sp³-hybridized carbons (Fsp3) is 0.500. The van der Waals surface area contributed by atoms with Crippen LogP contribution in [0.5, 0.6) is 0 Å². The molecule has 234 valence electrons. The lowest BCUT2D eigenvalue weighted by atomic mass is 9.83. The van der Waals surface area contributed by atoms with E-state index >= 15 is 0 Å². The Balaban J connectivity index is 0.000000553. The highest BCUT2D eigenvalue weighted by Crippen LogP contribution is 2.28. The maximum absolute atomic E-state index is 12.8. The highest BCUT2D eigenvalue weighted by molar-refractivity contribution is 6.48. The van der Waals surface area contributed by atoms with Crippen molar-refractivity contribution in [2.24, 2.45) is 27.1 Å². The molecule has 1 saturated heterocycles. The SMILES string of the molecule is CCC(=O)Nc1cnc(C)c(NC(=O)/C(=N/N)c2ccc(/C(C=NC3COC3)=C/N)cn2)c1.CCCCC(C)(C)CCC. The number of aliphatic imine (C=N–C) groups is 1. The highest BCUT2D eigenvalue weighted by Gasteiger charge is 2.19. The third-order valence-electron chi connectivity index (χ3n) is 6.98. The second kappa shape index (κ2) is 17.7. The number of anilines is 2. The minimum atomic E-state index is -0.567. The molecule has 3 rings (SSSR count). The Labute approximate surface area is 255 Å². The molecule has 11 nitrogen and oxygen atoms in total. The molecule has 2 aromatic heterocycles. The van der Waals surface area contributed by atoms with Gasteiger partial charge in [0.1, 0.15) is 0 Å². The average molecular weight is 593 g/mol. The number of amides is 2. The number of hydrogen-bond acceptors (Lipinski definition) is 9. The zero-order valence-electron chi connectivity index (χ0n) is 26.4. The van der Waals surface area contributed by atoms with Gasteiger partial charge in [-0.05, 0) is 37.3 Å². The number of hydrazone groups is 1. The molecule has 2 aromatic rings. The maximum atomic E-state index is 12.8. The summed E-state index contributed by atoms with van der Waals surface area (Å²) in [5.74, 6) is 4.76. The fourth-order valence-electron chi connectivity index (χ4n) is 4.27. The zero-order valence-corrected chi connectivity index (χ0v) is 26.4. The molecular weight excluding hydrogens is 544 g/mol. The van der Waals surface area contributed by atoms with Crippen LogP contribution in [-0.2, 0) is 14.3 Å². The summed E-state index contributed by atoms with van der Waals surface area (Å²) in [6, 6.07) is 5.12. The summed E-state index contributed by atoms with van der Waals surface area (Å²) in [5.41, 5.74) is 9.38. The molecule has 1 fully saturated rings. The fourth-order valence-corrected chi connectivity index (χ4v) is 4.27. The van der Waals surface area contributed by atoms with E-state index in [0.717, 1.165) is 5.56 Å². The predicted molar refractivity (Wildman–Crippen MR) is 175 cm³/mol. The smallest absolute Gasteiger partial charge is 0.278 e. The van der Waals surface area contributed by atoms with Crippen LogP contribution in [0.1, 0.15) is 90.1 Å². The first-order valence-corrected chi connectivity index (χ1v) is 14.9. The number of nitrogens with zero attached hydrogens (tertiary/aromatic N) is 4. The Morgan fingerprint density at radius 1 is 1.09 bits per heavy atom. The number of allylic oxidation sites excluding steroid dienone is 1. The largest absolute Gasteiger partial charge is 0.404 e. The van der Waals surface area contributed by atoms with Crippen molar-refractivity contribution >= 4 is 40.7 Å². The first-order chi connectivity index (χ1) is 20.6. The summed E-state index contributed by atoms with van der Waals surface area (Å²) in [4.78, 5) is 37.4. The number of nitrogens with one attached hydrogen (secondary N) is 2. The van der Waals surface area contributed by atoms with Gasteiger partial charge in [0.2, 0.25) is 5.91 Å². The van der Waals surface area contributed by atoms with Gasteiger partial charge in [0.25, 0.3) is 5.91 Å². The van der Waals surface area contributed by atoms with Gasteiger partial charge >= 0.3 is 0 Å². The van der Waals surface area contributed by atoms with Crippen molar-refractivity contribution in [3.05, 3.63) is 53.7 Å². The molecule has 43 heavy (non-hydrogen) atoms. The van der Waals surface area contributed by atoms with E-state index in [1.807, 2.05) is 0 Å². The molecule has 0 saturated carbocycles. The van der Waals surface area contributed by atoms with Crippen LogP contribution < -0.4 is 22.2 Å². The molecule has 0 radical (unpaired) electrons. The third-order valence-corrected chi connectivity index (χ3v) is 6.98. The number of pyridine rings is 2. The highest BCUT2D eigenvalue weighted by atomic mass is 16.5. The summed E-state index contributed by atoms with van der Waals surface area (Å²) >= 11 is 0. The second-order valence-electron chi connectivity index (χ2n) is 11.2. The Bertz CT molecular complexity index is 1280. The summed E-state index contributed by atoms with van der Waals surface area (Å²) in [6.07, 6.45) is 13.4. The Morgan fingerprint density at radius 2 is 1.84 bits per heavy atom. The van der Waals surface area contributed by atoms with Crippen LogP contribution in [0, 0.1) is 12.3 Å². The van der Waals surface area contributed by atoms with Gasteiger partial charge in [0.05, 0.1) is 48.2 Å². The van der Waals surface area contributed by atoms with E-state index in [0.29, 0.717) is 47.7 Å². The van der Waals surface area contributed by atoms with Crippen molar-refractivity contribution in [2.45, 2.75) is 86.1 Å². The number of carbonyl (C=O) groups excluding carboxylic acids is 2. The number of hydrogen-bond donors (Lipinski definition) is 4. The molecule has 11 heteroatoms. The average Bonchev–Trinajstić information content (AvgIpc) is 2.96. The maximum Gasteiger partial charge on any atom is 0.278 e. The minimum absolute atomic E-state index is 0.0671. The lowest BCUT2D eigenvalue weighted by molar-refractivity contribution is -0.116. The molecule has 2 amide bonds. The summed E-state index contributed by atoms with van der Waals surface area (Å²) in [5, 5.41) is 9.03. The minimum Gasteiger partial charge on any atom is -0.404 e. The van der Waals surface area contributed by atoms with Gasteiger partial charge < -0.3 is 26.9 Å². The van der Waals surface area contributed by atoms with E-state index in [4.69, 9.17) is 16.3 Å². The lowest BCUT2D eigenvalue weighted by Gasteiger charge is -2.23. The van der Waals surface area contributed by atoms with Crippen LogP contribution >= 0.6 is 0 Å². The van der Waals surface area contributed by atoms with Crippen molar-refractivity contribution in [2.75, 3.05) is 23.8 Å². The molecule has 0 aromatic carbocycles. The monoisotopic (exact) mass is 592 g/mol. The predicted octanol–water partition coefficient (Wildman–Crippen LogP) is 5.21. The zero-order chi connectivity index (χ0) is 31.8. The second-order valence-corrected chi connectivity index (χ2v) is 11.2. The molecule has 0 atom stereocenters. The van der Waals surface area contributed by atoms with Crippen molar-refractivity contribution in [1.29, 1.82) is 0 Å². The molecule has 0 unspecified atom stereocenters. The van der Waals surface area contributed by atoms with E-state index in [1.54, 1.807) is 44.5 Å². The number of nitrogens with two attached hydrogens (primary N) is 2. The number of ether oxygens (including phenoxy) is 1. The first-order valence-electron chi connectivity index (χ1n) is 14.9. The van der Waals surface area contributed by atoms with Crippen molar-refractivity contribution in [3.8, 4) is 0 Å². The Hall–Kier alpha value is -4.12. The molecule has 0 bridgehead atoms. The Kier molecular flexibility index (Phi) is 14.5. The lowest BCUT2D eigenvalue weighted by Crippen LogP contribution is -2.31. The number of aromatic nitrogens is 2. The molecular formula is C32H48N8O3. The van der Waals surface area contributed by atoms with E-state index < -0.39 is 5.91 Å². The van der Waals surface area contributed by atoms with E-state index in [-0.39, 0.29) is 23.4 Å². The van der Waals surface area contributed by atoms with Gasteiger partial charge in [-0.1, -0.05) is 59.9 Å². The third kappa shape index (κ3) is 11.6. The number of aryl methyl sites for hydroxylation is 1. The summed E-state index contributed by atoms with van der Waals surface area (Å²) in [6.45, 7) is 14.0. The van der Waals surface area contributed by atoms with Crippen LogP contribution in [0.25, 0.3) is 5.57 Å². The van der Waals surface area contributed by atoms with E-state index in [2.05, 4.69) is 58.4 Å². The van der Waals surface area contributed by atoms with Crippen molar-refractivity contribution in [1.82, 2.24) is 9.97 Å². The molecule has 0 spiro atoms. The molecule has 1 aliphatic rings. The number of unbranched alkanes of at least 4 members (excludes halogenated alkanes) is 1. The van der Waals surface area contributed by atoms with Crippen LogP contribution in [0.15, 0.2) is 46.9 Å². The van der Waals surface area contributed by atoms with E-state index in [9.17, 15) is 9.59 Å². The van der Waals surface area contributed by atoms with Gasteiger partial charge in [-0.2, -0.15) is 5.10 Å². The van der Waals surface area contributed by atoms with Gasteiger partial charge in [-0.25, -0.2) is 0 Å². The topological polar surface area (TPSA) is 170 Å². The van der Waals surface area contributed by atoms with Crippen LogP contribution in [0.3, 0.4) is 0 Å². The normalized spacial score (nSPS) is 14.1. The van der Waals surface area contributed by atoms with Crippen LogP contribution in [0.4, 0.5) is 11.4 Å². The van der Waals surface area contributed by atoms with E-state index in [1.165, 1.54) is 44.5 Å². The summed E-state index contributed by atoms with van der Waals surface area (Å²) < 4.78 is 5.10. The van der Waals surface area contributed by atoms with Gasteiger partial charge in [-0.15, -0.1) is 0 Å². The standard InChI is InChI=1S/C22H26N8O3.C10H22/c1-3-20(31)28-16-6-19(13(2)25-10-16)29-22(32)21(30-24)18-5-4-14(8-27-18)15(7-23)9-26-17-11-33-12-17;1-5-7-9-10(3,4)8-6-2/h4-10,17H,3,11-12,23-24H2,1-2H3,(H,28,31)(H,29,32);5-9H2,1-4H3/b15-7+,26-9?,30-21+;. The van der Waals surface area contributed by atoms with Crippen LogP contribution in [-0.4, -0.2) is 53.0 Å². The number of rotatable bonds is 13. The van der Waals surface area contributed by atoms with Gasteiger partial charge in [-0.3, -0.25) is 24.5 Å². The quantitative estimate of drug-likeness (QED) is 0.141. The number of carbonyl (C=O) groups is 2. The van der Waals surface area contributed by atoms with Gasteiger partial charge in [0, 0.05) is 36.2 Å². The van der Waals surface area contributed by atoms with Crippen molar-refractivity contribution in [3.63, 3.8) is 0 Å².